The van der Waals surface area contributed by atoms with Crippen LogP contribution >= 0.6 is 15.9 Å². The zero-order chi connectivity index (χ0) is 13.2. The van der Waals surface area contributed by atoms with Crippen LogP contribution in [0, 0.1) is 0 Å². The van der Waals surface area contributed by atoms with E-state index in [9.17, 15) is 5.11 Å². The van der Waals surface area contributed by atoms with Crippen LogP contribution in [0.5, 0.6) is 0 Å². The summed E-state index contributed by atoms with van der Waals surface area (Å²) in [6.07, 6.45) is 4.60. The lowest BCUT2D eigenvalue weighted by atomic mass is 9.96. The molecule has 1 aromatic heterocycles. The predicted molar refractivity (Wildman–Crippen MR) is 77.7 cm³/mol. The van der Waals surface area contributed by atoms with E-state index in [1.807, 2.05) is 24.3 Å². The van der Waals surface area contributed by atoms with Crippen LogP contribution in [-0.2, 0) is 4.74 Å². The van der Waals surface area contributed by atoms with E-state index in [1.165, 1.54) is 0 Å². The third-order valence-corrected chi connectivity index (χ3v) is 4.05. The van der Waals surface area contributed by atoms with E-state index in [2.05, 4.69) is 20.9 Å². The average molecular weight is 320 g/mol. The molecule has 0 saturated heterocycles. The molecule has 1 unspecified atom stereocenters. The molecule has 3 rings (SSSR count). The van der Waals surface area contributed by atoms with Gasteiger partial charge in [-0.05, 0) is 30.5 Å². The van der Waals surface area contributed by atoms with Gasteiger partial charge in [0.25, 0.3) is 0 Å². The van der Waals surface area contributed by atoms with Gasteiger partial charge in [0.1, 0.15) is 6.10 Å². The average Bonchev–Trinajstić information content (AvgIpc) is 2.48. The number of hydrogen-bond donors (Lipinski definition) is 1. The molecule has 98 valence electrons. The molecule has 2 heterocycles. The molecule has 0 spiro atoms. The number of benzene rings is 1. The minimum absolute atomic E-state index is 0.647. The number of nitrogens with zero attached hydrogens (tertiary/aromatic N) is 1. The highest BCUT2D eigenvalue weighted by Gasteiger charge is 2.19. The molecule has 19 heavy (non-hydrogen) atoms. The number of fused-ring (bicyclic) bond motifs is 1. The van der Waals surface area contributed by atoms with Crippen LogP contribution in [0.3, 0.4) is 0 Å². The smallest absolute Gasteiger partial charge is 0.105 e. The summed E-state index contributed by atoms with van der Waals surface area (Å²) in [4.78, 5) is 4.40. The maximum absolute atomic E-state index is 10.5. The first kappa shape index (κ1) is 12.6. The summed E-state index contributed by atoms with van der Waals surface area (Å²) in [6.45, 7) is 0.732. The van der Waals surface area contributed by atoms with E-state index in [1.54, 1.807) is 12.5 Å². The number of halogens is 1. The molecular weight excluding hydrogens is 306 g/mol. The van der Waals surface area contributed by atoms with Gasteiger partial charge in [-0.25, -0.2) is 0 Å². The first-order chi connectivity index (χ1) is 9.27. The number of aliphatic hydroxyl groups excluding tert-OH is 1. The molecule has 1 aromatic carbocycles. The summed E-state index contributed by atoms with van der Waals surface area (Å²) >= 11 is 3.52. The van der Waals surface area contributed by atoms with Crippen LogP contribution in [0.1, 0.15) is 24.5 Å². The SMILES string of the molecule is OC(C1=COCCC1)c1ccc(Br)c2cccnc12. The van der Waals surface area contributed by atoms with Crippen LogP contribution in [0.15, 0.2) is 46.8 Å². The van der Waals surface area contributed by atoms with Crippen molar-refractivity contribution >= 4 is 26.8 Å². The second kappa shape index (κ2) is 5.31. The zero-order valence-corrected chi connectivity index (χ0v) is 11.9. The maximum atomic E-state index is 10.5. The fraction of sp³-hybridized carbons (Fsp3) is 0.267. The van der Waals surface area contributed by atoms with Crippen LogP contribution in [0.4, 0.5) is 0 Å². The molecule has 0 amide bonds. The largest absolute Gasteiger partial charge is 0.501 e. The Labute approximate surface area is 120 Å². The van der Waals surface area contributed by atoms with Crippen molar-refractivity contribution in [3.63, 3.8) is 0 Å². The molecule has 1 atom stereocenters. The lowest BCUT2D eigenvalue weighted by Crippen LogP contribution is -2.08. The maximum Gasteiger partial charge on any atom is 0.105 e. The number of ether oxygens (including phenoxy) is 1. The van der Waals surface area contributed by atoms with Crippen molar-refractivity contribution in [1.82, 2.24) is 4.98 Å². The van der Waals surface area contributed by atoms with Gasteiger partial charge in [0.05, 0.1) is 18.4 Å². The Balaban J connectivity index is 2.10. The molecule has 4 heteroatoms. The second-order valence-corrected chi connectivity index (χ2v) is 5.46. The van der Waals surface area contributed by atoms with E-state index in [-0.39, 0.29) is 0 Å². The van der Waals surface area contributed by atoms with Crippen LogP contribution in [-0.4, -0.2) is 16.7 Å². The van der Waals surface area contributed by atoms with E-state index in [4.69, 9.17) is 4.74 Å². The number of aliphatic hydroxyl groups is 1. The quantitative estimate of drug-likeness (QED) is 0.917. The molecule has 0 saturated carbocycles. The molecule has 0 bridgehead atoms. The van der Waals surface area contributed by atoms with Crippen molar-refractivity contribution in [2.24, 2.45) is 0 Å². The van der Waals surface area contributed by atoms with Gasteiger partial charge >= 0.3 is 0 Å². The molecule has 0 radical (unpaired) electrons. The summed E-state index contributed by atoms with van der Waals surface area (Å²) in [5.41, 5.74) is 2.58. The van der Waals surface area contributed by atoms with Crippen molar-refractivity contribution in [3.8, 4) is 0 Å². The third-order valence-electron chi connectivity index (χ3n) is 3.36. The molecule has 1 N–H and O–H groups in total. The Hall–Kier alpha value is -1.39. The van der Waals surface area contributed by atoms with Crippen LogP contribution in [0.2, 0.25) is 0 Å². The Kier molecular flexibility index (Phi) is 3.53. The van der Waals surface area contributed by atoms with Gasteiger partial charge in [0.2, 0.25) is 0 Å². The Morgan fingerprint density at radius 3 is 3.00 bits per heavy atom. The second-order valence-electron chi connectivity index (χ2n) is 4.61. The summed E-state index contributed by atoms with van der Waals surface area (Å²) < 4.78 is 6.30. The molecular formula is C15H14BrNO2. The lowest BCUT2D eigenvalue weighted by molar-refractivity contribution is 0.171. The normalized spacial score (nSPS) is 16.8. The van der Waals surface area contributed by atoms with Gasteiger partial charge in [0.15, 0.2) is 0 Å². The fourth-order valence-corrected chi connectivity index (χ4v) is 2.82. The van der Waals surface area contributed by atoms with E-state index in [0.717, 1.165) is 46.0 Å². The number of hydrogen-bond acceptors (Lipinski definition) is 3. The third kappa shape index (κ3) is 2.38. The standard InChI is InChI=1S/C15H14BrNO2/c16-13-6-5-12(14-11(13)4-1-7-17-14)15(18)10-3-2-8-19-9-10/h1,4-7,9,15,18H,2-3,8H2. The molecule has 0 fully saturated rings. The topological polar surface area (TPSA) is 42.4 Å². The number of pyridine rings is 1. The van der Waals surface area contributed by atoms with Crippen molar-refractivity contribution in [2.75, 3.05) is 6.61 Å². The first-order valence-electron chi connectivity index (χ1n) is 6.29. The van der Waals surface area contributed by atoms with Gasteiger partial charge in [-0.3, -0.25) is 4.98 Å². The number of aromatic nitrogens is 1. The van der Waals surface area contributed by atoms with Crippen molar-refractivity contribution in [1.29, 1.82) is 0 Å². The van der Waals surface area contributed by atoms with E-state index in [0.29, 0.717) is 0 Å². The Morgan fingerprint density at radius 1 is 1.32 bits per heavy atom. The van der Waals surface area contributed by atoms with Gasteiger partial charge in [0, 0.05) is 21.6 Å². The highest BCUT2D eigenvalue weighted by molar-refractivity contribution is 9.10. The molecule has 1 aliphatic heterocycles. The van der Waals surface area contributed by atoms with Crippen molar-refractivity contribution < 1.29 is 9.84 Å². The van der Waals surface area contributed by atoms with Gasteiger partial charge in [-0.2, -0.15) is 0 Å². The zero-order valence-electron chi connectivity index (χ0n) is 10.3. The van der Waals surface area contributed by atoms with Gasteiger partial charge < -0.3 is 9.84 Å². The Bertz CT molecular complexity index is 639. The molecule has 1 aliphatic rings. The van der Waals surface area contributed by atoms with Gasteiger partial charge in [-0.1, -0.05) is 28.1 Å². The number of rotatable bonds is 2. The van der Waals surface area contributed by atoms with Gasteiger partial charge in [-0.15, -0.1) is 0 Å². The monoisotopic (exact) mass is 319 g/mol. The van der Waals surface area contributed by atoms with Crippen LogP contribution in [0.25, 0.3) is 10.9 Å². The summed E-state index contributed by atoms with van der Waals surface area (Å²) in [5.74, 6) is 0. The summed E-state index contributed by atoms with van der Waals surface area (Å²) in [7, 11) is 0. The minimum atomic E-state index is -0.647. The van der Waals surface area contributed by atoms with Crippen molar-refractivity contribution in [3.05, 3.63) is 52.3 Å². The first-order valence-corrected chi connectivity index (χ1v) is 7.08. The molecule has 3 nitrogen and oxygen atoms in total. The minimum Gasteiger partial charge on any atom is -0.501 e. The Morgan fingerprint density at radius 2 is 2.21 bits per heavy atom. The highest BCUT2D eigenvalue weighted by Crippen LogP contribution is 2.33. The molecule has 0 aliphatic carbocycles. The molecule has 2 aromatic rings. The summed E-state index contributed by atoms with van der Waals surface area (Å²) in [5, 5.41) is 11.5. The fourth-order valence-electron chi connectivity index (χ4n) is 2.37. The van der Waals surface area contributed by atoms with E-state index < -0.39 is 6.10 Å². The van der Waals surface area contributed by atoms with E-state index >= 15 is 0 Å². The summed E-state index contributed by atoms with van der Waals surface area (Å²) in [6, 6.07) is 7.76. The highest BCUT2D eigenvalue weighted by atomic mass is 79.9. The predicted octanol–water partition coefficient (Wildman–Crippen LogP) is 3.73. The lowest BCUT2D eigenvalue weighted by Gasteiger charge is -2.20. The van der Waals surface area contributed by atoms with Crippen LogP contribution < -0.4 is 0 Å². The van der Waals surface area contributed by atoms with Crippen molar-refractivity contribution in [2.45, 2.75) is 18.9 Å².